The maximum atomic E-state index is 12.1. The van der Waals surface area contributed by atoms with Crippen LogP contribution in [-0.4, -0.2) is 30.4 Å². The minimum Gasteiger partial charge on any atom is -0.502 e. The molecule has 0 saturated heterocycles. The fraction of sp³-hybridized carbons (Fsp3) is 0.364. The van der Waals surface area contributed by atoms with Crippen molar-refractivity contribution >= 4 is 21.6 Å². The van der Waals surface area contributed by atoms with E-state index in [2.05, 4.69) is 4.72 Å². The predicted octanol–water partition coefficient (Wildman–Crippen LogP) is 0.0886. The zero-order valence-electron chi connectivity index (χ0n) is 11.3. The van der Waals surface area contributed by atoms with E-state index in [1.54, 1.807) is 13.8 Å². The van der Waals surface area contributed by atoms with Crippen LogP contribution >= 0.6 is 0 Å². The van der Waals surface area contributed by atoms with Crippen LogP contribution in [0.2, 0.25) is 0 Å². The third kappa shape index (κ3) is 3.89. The number of amides is 1. The van der Waals surface area contributed by atoms with Gasteiger partial charge in [-0.2, -0.15) is 4.72 Å². The summed E-state index contributed by atoms with van der Waals surface area (Å²) in [6.07, 6.45) is 0. The van der Waals surface area contributed by atoms with Crippen LogP contribution < -0.4 is 10.5 Å². The summed E-state index contributed by atoms with van der Waals surface area (Å²) in [7, 11) is -4.19. The second kappa shape index (κ2) is 6.06. The average Bonchev–Trinajstić information content (AvgIpc) is 2.35. The van der Waals surface area contributed by atoms with E-state index < -0.39 is 49.1 Å². The van der Waals surface area contributed by atoms with Gasteiger partial charge >= 0.3 is 5.69 Å². The number of nitro groups is 1. The number of sulfonamides is 1. The van der Waals surface area contributed by atoms with Gasteiger partial charge in [0.15, 0.2) is 5.75 Å². The molecule has 0 aliphatic carbocycles. The number of nitrogens with zero attached hydrogens (tertiary/aromatic N) is 1. The predicted molar refractivity (Wildman–Crippen MR) is 72.9 cm³/mol. The van der Waals surface area contributed by atoms with Crippen LogP contribution in [0.5, 0.6) is 5.75 Å². The highest BCUT2D eigenvalue weighted by Gasteiger charge is 2.28. The Hall–Kier alpha value is -2.20. The largest absolute Gasteiger partial charge is 0.502 e. The number of phenols is 1. The van der Waals surface area contributed by atoms with Crippen LogP contribution in [0.3, 0.4) is 0 Å². The van der Waals surface area contributed by atoms with E-state index in [9.17, 15) is 28.4 Å². The van der Waals surface area contributed by atoms with Gasteiger partial charge in [0.05, 0.1) is 9.82 Å². The molecular weight excluding hydrogens is 302 g/mol. The molecule has 0 heterocycles. The number of carbonyl (C=O) groups is 1. The topological polar surface area (TPSA) is 153 Å². The fourth-order valence-electron chi connectivity index (χ4n) is 1.57. The van der Waals surface area contributed by atoms with Crippen LogP contribution in [0.25, 0.3) is 0 Å². The lowest BCUT2D eigenvalue weighted by Gasteiger charge is -2.18. The molecule has 1 rings (SSSR count). The van der Waals surface area contributed by atoms with Gasteiger partial charge in [-0.25, -0.2) is 8.42 Å². The van der Waals surface area contributed by atoms with Crippen LogP contribution in [0, 0.1) is 16.0 Å². The van der Waals surface area contributed by atoms with Crippen molar-refractivity contribution in [2.75, 3.05) is 0 Å². The lowest BCUT2D eigenvalue weighted by atomic mass is 10.1. The molecular formula is C11H15N3O6S. The number of phenolic OH excluding ortho intramolecular Hbond substituents is 1. The lowest BCUT2D eigenvalue weighted by molar-refractivity contribution is -0.386. The Morgan fingerprint density at radius 1 is 1.43 bits per heavy atom. The molecule has 0 aromatic heterocycles. The molecule has 21 heavy (non-hydrogen) atoms. The number of nitrogens with two attached hydrogens (primary N) is 1. The molecule has 10 heteroatoms. The Morgan fingerprint density at radius 2 is 2.00 bits per heavy atom. The molecule has 1 atom stereocenters. The quantitative estimate of drug-likeness (QED) is 0.499. The SMILES string of the molecule is CC(C)C(NS(=O)(=O)c1ccc(O)c([N+](=O)[O-])c1)C(N)=O. The molecule has 0 saturated carbocycles. The van der Waals surface area contributed by atoms with E-state index in [1.807, 2.05) is 0 Å². The van der Waals surface area contributed by atoms with Crippen LogP contribution in [0.1, 0.15) is 13.8 Å². The summed E-state index contributed by atoms with van der Waals surface area (Å²) >= 11 is 0. The van der Waals surface area contributed by atoms with Gasteiger partial charge in [0.25, 0.3) is 0 Å². The van der Waals surface area contributed by atoms with Crippen molar-refractivity contribution in [2.45, 2.75) is 24.8 Å². The monoisotopic (exact) mass is 317 g/mol. The summed E-state index contributed by atoms with van der Waals surface area (Å²) in [6.45, 7) is 3.19. The molecule has 0 aliphatic heterocycles. The molecule has 0 fully saturated rings. The van der Waals surface area contributed by atoms with Gasteiger partial charge in [0, 0.05) is 6.07 Å². The molecule has 9 nitrogen and oxygen atoms in total. The Balaban J connectivity index is 3.22. The Morgan fingerprint density at radius 3 is 2.43 bits per heavy atom. The highest BCUT2D eigenvalue weighted by molar-refractivity contribution is 7.89. The first-order valence-electron chi connectivity index (χ1n) is 5.85. The van der Waals surface area contributed by atoms with E-state index in [0.29, 0.717) is 6.07 Å². The number of hydrogen-bond acceptors (Lipinski definition) is 6. The third-order valence-corrected chi connectivity index (χ3v) is 4.15. The molecule has 0 bridgehead atoms. The summed E-state index contributed by atoms with van der Waals surface area (Å²) in [5.74, 6) is -1.92. The Kier molecular flexibility index (Phi) is 4.86. The molecule has 4 N–H and O–H groups in total. The van der Waals surface area contributed by atoms with Crippen molar-refractivity contribution in [3.63, 3.8) is 0 Å². The van der Waals surface area contributed by atoms with Crippen molar-refractivity contribution in [3.8, 4) is 5.75 Å². The molecule has 0 spiro atoms. The van der Waals surface area contributed by atoms with Crippen LogP contribution in [0.4, 0.5) is 5.69 Å². The average molecular weight is 317 g/mol. The van der Waals surface area contributed by atoms with Gasteiger partial charge < -0.3 is 10.8 Å². The number of primary amides is 1. The fourth-order valence-corrected chi connectivity index (χ4v) is 2.95. The zero-order chi connectivity index (χ0) is 16.4. The standard InChI is InChI=1S/C11H15N3O6S/c1-6(2)10(11(12)16)13-21(19,20)7-3-4-9(15)8(5-7)14(17)18/h3-6,10,13,15H,1-2H3,(H2,12,16). The zero-order valence-corrected chi connectivity index (χ0v) is 12.1. The number of nitro benzene ring substituents is 1. The second-order valence-electron chi connectivity index (χ2n) is 4.65. The summed E-state index contributed by atoms with van der Waals surface area (Å²) in [5, 5.41) is 20.0. The smallest absolute Gasteiger partial charge is 0.312 e. The minimum absolute atomic E-state index is 0.399. The number of aromatic hydroxyl groups is 1. The minimum atomic E-state index is -4.19. The van der Waals surface area contributed by atoms with Crippen LogP contribution in [-0.2, 0) is 14.8 Å². The van der Waals surface area contributed by atoms with Gasteiger partial charge in [-0.15, -0.1) is 0 Å². The normalized spacial score (nSPS) is 13.1. The van der Waals surface area contributed by atoms with Gasteiger partial charge in [-0.05, 0) is 18.1 Å². The number of carbonyl (C=O) groups excluding carboxylic acids is 1. The third-order valence-electron chi connectivity index (χ3n) is 2.71. The maximum Gasteiger partial charge on any atom is 0.312 e. The van der Waals surface area contributed by atoms with Crippen molar-refractivity contribution in [3.05, 3.63) is 28.3 Å². The van der Waals surface area contributed by atoms with E-state index in [0.717, 1.165) is 12.1 Å². The molecule has 0 radical (unpaired) electrons. The molecule has 1 aromatic rings. The highest BCUT2D eigenvalue weighted by atomic mass is 32.2. The Bertz CT molecular complexity index is 671. The number of hydrogen-bond donors (Lipinski definition) is 3. The second-order valence-corrected chi connectivity index (χ2v) is 6.37. The van der Waals surface area contributed by atoms with E-state index in [1.165, 1.54) is 0 Å². The van der Waals surface area contributed by atoms with Gasteiger partial charge in [0.1, 0.15) is 6.04 Å². The van der Waals surface area contributed by atoms with Gasteiger partial charge in [0.2, 0.25) is 15.9 Å². The number of nitrogens with one attached hydrogen (secondary N) is 1. The summed E-state index contributed by atoms with van der Waals surface area (Å²) < 4.78 is 26.3. The van der Waals surface area contributed by atoms with E-state index in [-0.39, 0.29) is 0 Å². The van der Waals surface area contributed by atoms with Crippen LogP contribution in [0.15, 0.2) is 23.1 Å². The summed E-state index contributed by atoms with van der Waals surface area (Å²) in [5.41, 5.74) is 4.36. The summed E-state index contributed by atoms with van der Waals surface area (Å²) in [4.78, 5) is 20.6. The molecule has 116 valence electrons. The molecule has 1 aromatic carbocycles. The first kappa shape index (κ1) is 16.9. The van der Waals surface area contributed by atoms with Gasteiger partial charge in [-0.3, -0.25) is 14.9 Å². The lowest BCUT2D eigenvalue weighted by Crippen LogP contribution is -2.47. The highest BCUT2D eigenvalue weighted by Crippen LogP contribution is 2.28. The van der Waals surface area contributed by atoms with E-state index >= 15 is 0 Å². The van der Waals surface area contributed by atoms with Gasteiger partial charge in [-0.1, -0.05) is 13.8 Å². The number of rotatable bonds is 6. The first-order valence-corrected chi connectivity index (χ1v) is 7.33. The molecule has 1 amide bonds. The Labute approximate surface area is 121 Å². The van der Waals surface area contributed by atoms with Crippen molar-refractivity contribution in [1.82, 2.24) is 4.72 Å². The van der Waals surface area contributed by atoms with E-state index in [4.69, 9.17) is 5.73 Å². The molecule has 0 aliphatic rings. The molecule has 1 unspecified atom stereocenters. The van der Waals surface area contributed by atoms with Crippen molar-refractivity contribution in [2.24, 2.45) is 11.7 Å². The summed E-state index contributed by atoms with van der Waals surface area (Å²) in [6, 6.07) is 1.43. The number of benzene rings is 1. The first-order chi connectivity index (χ1) is 9.56. The maximum absolute atomic E-state index is 12.1. The van der Waals surface area contributed by atoms with Crippen molar-refractivity contribution < 1.29 is 23.2 Å². The van der Waals surface area contributed by atoms with Crippen molar-refractivity contribution in [1.29, 1.82) is 0 Å².